The average Bonchev–Trinajstić information content (AvgIpc) is 3.31. The van der Waals surface area contributed by atoms with Crippen LogP contribution in [0.3, 0.4) is 0 Å². The Bertz CT molecular complexity index is 1210. The van der Waals surface area contributed by atoms with Crippen molar-refractivity contribution < 1.29 is 4.39 Å². The van der Waals surface area contributed by atoms with Gasteiger partial charge in [0.1, 0.15) is 10.2 Å². The topological polar surface area (TPSA) is 12.0 Å². The number of allylic oxidation sites excluding steroid dienone is 1. The van der Waals surface area contributed by atoms with Crippen LogP contribution in [0.4, 0.5) is 10.1 Å². The summed E-state index contributed by atoms with van der Waals surface area (Å²) in [4.78, 5) is 0. The fraction of sp³-hybridized carbons (Fsp3) is 0.185. The molecular weight excluding hydrogens is 464 g/mol. The zero-order valence-electron chi connectivity index (χ0n) is 17.9. The number of rotatable bonds is 6. The molecule has 0 aromatic heterocycles. The largest absolute Gasteiger partial charge is 0.359 e. The molecule has 0 radical (unpaired) electrons. The zero-order valence-corrected chi connectivity index (χ0v) is 20.1. The van der Waals surface area contributed by atoms with Gasteiger partial charge in [0.15, 0.2) is 0 Å². The summed E-state index contributed by atoms with van der Waals surface area (Å²) >= 11 is 19.7. The molecule has 164 valence electrons. The van der Waals surface area contributed by atoms with E-state index in [1.54, 1.807) is 30.3 Å². The van der Waals surface area contributed by atoms with Gasteiger partial charge in [-0.15, -0.1) is 23.2 Å². The number of halogens is 4. The molecule has 1 saturated carbocycles. The maximum atomic E-state index is 14.7. The Morgan fingerprint density at radius 2 is 1.69 bits per heavy atom. The third-order valence-corrected chi connectivity index (χ3v) is 7.09. The van der Waals surface area contributed by atoms with Crippen molar-refractivity contribution in [2.75, 3.05) is 5.32 Å². The van der Waals surface area contributed by atoms with Gasteiger partial charge in [0.25, 0.3) is 0 Å². The first-order chi connectivity index (χ1) is 15.1. The Morgan fingerprint density at radius 1 is 1.00 bits per heavy atom. The van der Waals surface area contributed by atoms with Gasteiger partial charge in [-0.1, -0.05) is 72.3 Å². The molecule has 1 nitrogen and oxygen atoms in total. The van der Waals surface area contributed by atoms with E-state index in [1.165, 1.54) is 17.2 Å². The van der Waals surface area contributed by atoms with E-state index >= 15 is 0 Å². The van der Waals surface area contributed by atoms with E-state index in [4.69, 9.17) is 34.8 Å². The van der Waals surface area contributed by atoms with E-state index in [9.17, 15) is 4.39 Å². The maximum Gasteiger partial charge on any atom is 0.134 e. The maximum absolute atomic E-state index is 14.7. The van der Waals surface area contributed by atoms with Gasteiger partial charge in [-0.2, -0.15) is 0 Å². The highest BCUT2D eigenvalue weighted by molar-refractivity contribution is 6.52. The van der Waals surface area contributed by atoms with Crippen molar-refractivity contribution in [3.8, 4) is 11.1 Å². The van der Waals surface area contributed by atoms with Gasteiger partial charge in [-0.05, 0) is 49.2 Å². The standard InChI is InChI=1S/C27H23Cl3FN/c1-5-18-6-8-21(24(31)13-18)22-14-20(7-9-23(22)28)32-17(4)25-26(27(25,29)30)19-11-15(2)10-16(3)12-19/h5-14,25-26,32H,1,4H2,2-3H3. The van der Waals surface area contributed by atoms with Gasteiger partial charge in [-0.3, -0.25) is 0 Å². The quantitative estimate of drug-likeness (QED) is 0.343. The Kier molecular flexibility index (Phi) is 6.15. The molecular formula is C27H23Cl3FN. The molecule has 5 heteroatoms. The van der Waals surface area contributed by atoms with Crippen molar-refractivity contribution in [1.82, 2.24) is 0 Å². The molecule has 2 atom stereocenters. The molecule has 1 aliphatic carbocycles. The van der Waals surface area contributed by atoms with E-state index in [2.05, 4.69) is 50.5 Å². The van der Waals surface area contributed by atoms with Crippen molar-refractivity contribution in [3.05, 3.63) is 107 Å². The van der Waals surface area contributed by atoms with Gasteiger partial charge in [0.2, 0.25) is 0 Å². The van der Waals surface area contributed by atoms with Gasteiger partial charge in [0, 0.05) is 39.4 Å². The number of alkyl halides is 2. The van der Waals surface area contributed by atoms with Crippen LogP contribution in [-0.4, -0.2) is 4.33 Å². The zero-order chi connectivity index (χ0) is 23.2. The summed E-state index contributed by atoms with van der Waals surface area (Å²) in [6, 6.07) is 16.6. The molecule has 3 aromatic carbocycles. The summed E-state index contributed by atoms with van der Waals surface area (Å²) in [5.74, 6) is -0.576. The molecule has 1 fully saturated rings. The Morgan fingerprint density at radius 3 is 2.31 bits per heavy atom. The minimum absolute atomic E-state index is 0.0555. The highest BCUT2D eigenvalue weighted by atomic mass is 35.5. The molecule has 0 aliphatic heterocycles. The summed E-state index contributed by atoms with van der Waals surface area (Å²) in [5.41, 5.74) is 6.58. The summed E-state index contributed by atoms with van der Waals surface area (Å²) in [7, 11) is 0. The molecule has 0 saturated heterocycles. The third-order valence-electron chi connectivity index (χ3n) is 5.82. The first-order valence-corrected chi connectivity index (χ1v) is 11.4. The Balaban J connectivity index is 1.59. The predicted octanol–water partition coefficient (Wildman–Crippen LogP) is 8.92. The number of anilines is 1. The number of benzene rings is 3. The van der Waals surface area contributed by atoms with E-state index in [-0.39, 0.29) is 17.7 Å². The monoisotopic (exact) mass is 485 g/mol. The van der Waals surface area contributed by atoms with Crippen LogP contribution < -0.4 is 5.32 Å². The molecule has 2 unspecified atom stereocenters. The Labute approximate surface area is 203 Å². The van der Waals surface area contributed by atoms with E-state index in [1.807, 2.05) is 6.07 Å². The van der Waals surface area contributed by atoms with Crippen LogP contribution in [0.25, 0.3) is 17.2 Å². The second-order valence-corrected chi connectivity index (χ2v) is 10.2. The number of aryl methyl sites for hydroxylation is 2. The fourth-order valence-electron chi connectivity index (χ4n) is 4.31. The van der Waals surface area contributed by atoms with Crippen molar-refractivity contribution >= 4 is 46.6 Å². The molecule has 32 heavy (non-hydrogen) atoms. The van der Waals surface area contributed by atoms with Crippen molar-refractivity contribution in [3.63, 3.8) is 0 Å². The van der Waals surface area contributed by atoms with Gasteiger partial charge in [-0.25, -0.2) is 4.39 Å². The molecule has 3 aromatic rings. The highest BCUT2D eigenvalue weighted by Crippen LogP contribution is 2.67. The van der Waals surface area contributed by atoms with Crippen LogP contribution in [-0.2, 0) is 0 Å². The lowest BCUT2D eigenvalue weighted by molar-refractivity contribution is 0.631. The molecule has 0 bridgehead atoms. The van der Waals surface area contributed by atoms with Crippen LogP contribution in [0.5, 0.6) is 0 Å². The van der Waals surface area contributed by atoms with Crippen molar-refractivity contribution in [2.24, 2.45) is 5.92 Å². The molecule has 0 amide bonds. The van der Waals surface area contributed by atoms with Gasteiger partial charge >= 0.3 is 0 Å². The van der Waals surface area contributed by atoms with E-state index in [0.29, 0.717) is 27.4 Å². The second kappa shape index (κ2) is 8.59. The van der Waals surface area contributed by atoms with Crippen LogP contribution in [0.15, 0.2) is 73.5 Å². The van der Waals surface area contributed by atoms with Crippen LogP contribution in [0.1, 0.15) is 28.2 Å². The minimum atomic E-state index is -0.938. The lowest BCUT2D eigenvalue weighted by Crippen LogP contribution is -2.04. The lowest BCUT2D eigenvalue weighted by atomic mass is 10.0. The fourth-order valence-corrected chi connectivity index (χ4v) is 5.43. The molecule has 4 rings (SSSR count). The number of hydrogen-bond donors (Lipinski definition) is 1. The summed E-state index contributed by atoms with van der Waals surface area (Å²) < 4.78 is 13.7. The molecule has 0 heterocycles. The third kappa shape index (κ3) is 4.32. The smallest absolute Gasteiger partial charge is 0.134 e. The summed E-state index contributed by atoms with van der Waals surface area (Å²) in [6.45, 7) is 12.0. The number of hydrogen-bond acceptors (Lipinski definition) is 1. The van der Waals surface area contributed by atoms with Gasteiger partial charge < -0.3 is 5.32 Å². The lowest BCUT2D eigenvalue weighted by Gasteiger charge is -2.13. The first-order valence-electron chi connectivity index (χ1n) is 10.3. The highest BCUT2D eigenvalue weighted by Gasteiger charge is 2.65. The predicted molar refractivity (Wildman–Crippen MR) is 136 cm³/mol. The minimum Gasteiger partial charge on any atom is -0.359 e. The first kappa shape index (κ1) is 22.9. The summed E-state index contributed by atoms with van der Waals surface area (Å²) in [6.07, 6.45) is 1.60. The average molecular weight is 487 g/mol. The van der Waals surface area contributed by atoms with Crippen LogP contribution in [0.2, 0.25) is 5.02 Å². The SMILES string of the molecule is C=Cc1ccc(-c2cc(NC(=C)C3C(c4cc(C)cc(C)c4)C3(Cl)Cl)ccc2Cl)c(F)c1. The second-order valence-electron chi connectivity index (χ2n) is 8.34. The number of nitrogens with one attached hydrogen (secondary N) is 1. The van der Waals surface area contributed by atoms with Gasteiger partial charge in [0.05, 0.1) is 0 Å². The van der Waals surface area contributed by atoms with Crippen molar-refractivity contribution in [1.29, 1.82) is 0 Å². The molecule has 1 aliphatic rings. The normalized spacial score (nSPS) is 18.8. The molecule has 0 spiro atoms. The van der Waals surface area contributed by atoms with E-state index < -0.39 is 4.33 Å². The van der Waals surface area contributed by atoms with Crippen LogP contribution >= 0.6 is 34.8 Å². The van der Waals surface area contributed by atoms with Crippen LogP contribution in [0, 0.1) is 25.6 Å². The van der Waals surface area contributed by atoms with E-state index in [0.717, 1.165) is 11.3 Å². The summed E-state index contributed by atoms with van der Waals surface area (Å²) in [5, 5.41) is 3.76. The molecule has 1 N–H and O–H groups in total. The Hall–Kier alpha value is -2.26. The van der Waals surface area contributed by atoms with Crippen molar-refractivity contribution in [2.45, 2.75) is 24.1 Å².